The molecular weight excluding hydrogens is 250 g/mol. The van der Waals surface area contributed by atoms with Crippen LogP contribution in [-0.4, -0.2) is 15.0 Å². The molecule has 96 valence electrons. The highest BCUT2D eigenvalue weighted by atomic mass is 16.1. The van der Waals surface area contributed by atoms with Gasteiger partial charge in [-0.1, -0.05) is 18.2 Å². The lowest BCUT2D eigenvalue weighted by Crippen LogP contribution is -2.03. The summed E-state index contributed by atoms with van der Waals surface area (Å²) in [5, 5.41) is 2.09. The van der Waals surface area contributed by atoms with Crippen LogP contribution in [0.4, 0.5) is 0 Å². The van der Waals surface area contributed by atoms with Gasteiger partial charge < -0.3 is 9.97 Å². The maximum Gasteiger partial charge on any atom is 0.249 e. The van der Waals surface area contributed by atoms with Crippen molar-refractivity contribution in [2.75, 3.05) is 0 Å². The minimum Gasteiger partial charge on any atom is -0.361 e. The van der Waals surface area contributed by atoms with E-state index in [4.69, 9.17) is 0 Å². The molecule has 3 aromatic heterocycles. The van der Waals surface area contributed by atoms with Gasteiger partial charge in [0.2, 0.25) is 5.56 Å². The van der Waals surface area contributed by atoms with Gasteiger partial charge in [0.25, 0.3) is 0 Å². The number of aromatic amines is 2. The van der Waals surface area contributed by atoms with Crippen LogP contribution in [0.15, 0.2) is 59.7 Å². The minimum atomic E-state index is -0.134. The van der Waals surface area contributed by atoms with Crippen LogP contribution < -0.4 is 5.56 Å². The first-order valence-corrected chi connectivity index (χ1v) is 6.37. The average Bonchev–Trinajstić information content (AvgIpc) is 2.91. The summed E-state index contributed by atoms with van der Waals surface area (Å²) in [5.74, 6) is 0. The summed E-state index contributed by atoms with van der Waals surface area (Å²) < 4.78 is 0. The van der Waals surface area contributed by atoms with E-state index in [9.17, 15) is 4.79 Å². The molecule has 0 spiro atoms. The number of nitrogens with zero attached hydrogens (tertiary/aromatic N) is 1. The average molecular weight is 261 g/mol. The molecule has 2 N–H and O–H groups in total. The Bertz CT molecular complexity index is 982. The second-order valence-corrected chi connectivity index (χ2v) is 4.73. The maximum absolute atomic E-state index is 11.3. The zero-order valence-electron chi connectivity index (χ0n) is 10.6. The Kier molecular flexibility index (Phi) is 2.23. The Morgan fingerprint density at radius 2 is 1.95 bits per heavy atom. The number of aromatic nitrogens is 3. The number of fused-ring (bicyclic) bond motifs is 2. The molecule has 0 aliphatic carbocycles. The van der Waals surface area contributed by atoms with Crippen LogP contribution in [0.3, 0.4) is 0 Å². The topological polar surface area (TPSA) is 61.5 Å². The first kappa shape index (κ1) is 11.0. The van der Waals surface area contributed by atoms with Crippen molar-refractivity contribution >= 4 is 21.9 Å². The van der Waals surface area contributed by atoms with Crippen molar-refractivity contribution in [1.29, 1.82) is 0 Å². The third kappa shape index (κ3) is 1.62. The molecule has 0 fully saturated rings. The molecule has 4 rings (SSSR count). The third-order valence-electron chi connectivity index (χ3n) is 3.47. The highest BCUT2D eigenvalue weighted by molar-refractivity contribution is 5.96. The molecule has 0 radical (unpaired) electrons. The number of hydrogen-bond acceptors (Lipinski definition) is 2. The van der Waals surface area contributed by atoms with Crippen molar-refractivity contribution in [2.45, 2.75) is 0 Å². The number of rotatable bonds is 1. The van der Waals surface area contributed by atoms with E-state index in [2.05, 4.69) is 21.0 Å². The monoisotopic (exact) mass is 261 g/mol. The van der Waals surface area contributed by atoms with Gasteiger partial charge in [0.05, 0.1) is 0 Å². The fourth-order valence-corrected chi connectivity index (χ4v) is 2.49. The van der Waals surface area contributed by atoms with Crippen LogP contribution in [-0.2, 0) is 0 Å². The quantitative estimate of drug-likeness (QED) is 0.553. The number of nitrogens with one attached hydrogen (secondary N) is 2. The number of hydrogen-bond donors (Lipinski definition) is 2. The summed E-state index contributed by atoms with van der Waals surface area (Å²) >= 11 is 0. The number of para-hydroxylation sites is 1. The Hall–Kier alpha value is -2.88. The van der Waals surface area contributed by atoms with E-state index in [-0.39, 0.29) is 5.56 Å². The second-order valence-electron chi connectivity index (χ2n) is 4.73. The zero-order chi connectivity index (χ0) is 13.5. The lowest BCUT2D eigenvalue weighted by molar-refractivity contribution is 1.23. The standard InChI is InChI=1S/C16H11N3O/c20-15-6-5-10-7-11(8-18-16(10)19-15)13-9-17-14-4-2-1-3-12(13)14/h1-9,17H,(H,18,19,20). The molecular formula is C16H11N3O. The largest absolute Gasteiger partial charge is 0.361 e. The molecule has 3 heterocycles. The molecule has 4 nitrogen and oxygen atoms in total. The number of benzene rings is 1. The Morgan fingerprint density at radius 3 is 2.90 bits per heavy atom. The highest BCUT2D eigenvalue weighted by Crippen LogP contribution is 2.29. The molecule has 4 aromatic rings. The lowest BCUT2D eigenvalue weighted by atomic mass is 10.1. The second kappa shape index (κ2) is 4.06. The molecule has 0 bridgehead atoms. The van der Waals surface area contributed by atoms with Crippen molar-refractivity contribution in [3.8, 4) is 11.1 Å². The first-order valence-electron chi connectivity index (χ1n) is 6.37. The van der Waals surface area contributed by atoms with Gasteiger partial charge in [-0.2, -0.15) is 0 Å². The van der Waals surface area contributed by atoms with E-state index in [0.717, 1.165) is 27.4 Å². The first-order chi connectivity index (χ1) is 9.81. The van der Waals surface area contributed by atoms with Gasteiger partial charge in [-0.05, 0) is 18.2 Å². The summed E-state index contributed by atoms with van der Waals surface area (Å²) in [7, 11) is 0. The summed E-state index contributed by atoms with van der Waals surface area (Å²) in [6, 6.07) is 13.5. The Labute approximate surface area is 114 Å². The Balaban J connectivity index is 1.98. The molecule has 1 aromatic carbocycles. The third-order valence-corrected chi connectivity index (χ3v) is 3.47. The van der Waals surface area contributed by atoms with Gasteiger partial charge in [-0.15, -0.1) is 0 Å². The van der Waals surface area contributed by atoms with Gasteiger partial charge in [0, 0.05) is 45.9 Å². The van der Waals surface area contributed by atoms with E-state index in [1.807, 2.05) is 30.5 Å². The molecule has 0 saturated carbocycles. The van der Waals surface area contributed by atoms with Gasteiger partial charge in [0.15, 0.2) is 0 Å². The smallest absolute Gasteiger partial charge is 0.249 e. The molecule has 0 aliphatic rings. The van der Waals surface area contributed by atoms with E-state index >= 15 is 0 Å². The maximum atomic E-state index is 11.3. The van der Waals surface area contributed by atoms with Gasteiger partial charge in [-0.25, -0.2) is 4.98 Å². The van der Waals surface area contributed by atoms with Gasteiger partial charge >= 0.3 is 0 Å². The molecule has 4 heteroatoms. The van der Waals surface area contributed by atoms with Crippen LogP contribution in [0.1, 0.15) is 0 Å². The van der Waals surface area contributed by atoms with Gasteiger partial charge in [0.1, 0.15) is 5.65 Å². The predicted octanol–water partition coefficient (Wildman–Crippen LogP) is 3.07. The molecule has 0 unspecified atom stereocenters. The van der Waals surface area contributed by atoms with Crippen molar-refractivity contribution < 1.29 is 0 Å². The molecule has 0 aliphatic heterocycles. The van der Waals surface area contributed by atoms with Crippen LogP contribution in [0.25, 0.3) is 33.1 Å². The summed E-state index contributed by atoms with van der Waals surface area (Å²) in [4.78, 5) is 21.6. The number of H-pyrrole nitrogens is 2. The van der Waals surface area contributed by atoms with Crippen molar-refractivity contribution in [2.24, 2.45) is 0 Å². The van der Waals surface area contributed by atoms with E-state index in [1.165, 1.54) is 6.07 Å². The fourth-order valence-electron chi connectivity index (χ4n) is 2.49. The van der Waals surface area contributed by atoms with Crippen LogP contribution in [0.5, 0.6) is 0 Å². The molecule has 20 heavy (non-hydrogen) atoms. The number of pyridine rings is 2. The normalized spacial score (nSPS) is 11.2. The van der Waals surface area contributed by atoms with Crippen molar-refractivity contribution in [3.05, 3.63) is 65.2 Å². The van der Waals surface area contributed by atoms with Crippen molar-refractivity contribution in [3.63, 3.8) is 0 Å². The van der Waals surface area contributed by atoms with E-state index in [1.54, 1.807) is 12.3 Å². The molecule has 0 saturated heterocycles. The van der Waals surface area contributed by atoms with E-state index < -0.39 is 0 Å². The summed E-state index contributed by atoms with van der Waals surface area (Å²) in [6.07, 6.45) is 3.77. The summed E-state index contributed by atoms with van der Waals surface area (Å²) in [6.45, 7) is 0. The minimum absolute atomic E-state index is 0.134. The molecule has 0 atom stereocenters. The van der Waals surface area contributed by atoms with Crippen LogP contribution in [0, 0.1) is 0 Å². The van der Waals surface area contributed by atoms with Gasteiger partial charge in [-0.3, -0.25) is 4.79 Å². The SMILES string of the molecule is O=c1ccc2cc(-c3c[nH]c4ccccc34)cnc2[nH]1. The van der Waals surface area contributed by atoms with Crippen LogP contribution in [0.2, 0.25) is 0 Å². The molecule has 0 amide bonds. The zero-order valence-corrected chi connectivity index (χ0v) is 10.6. The summed E-state index contributed by atoms with van der Waals surface area (Å²) in [5.41, 5.74) is 3.72. The van der Waals surface area contributed by atoms with Crippen LogP contribution >= 0.6 is 0 Å². The highest BCUT2D eigenvalue weighted by Gasteiger charge is 2.07. The Morgan fingerprint density at radius 1 is 1.05 bits per heavy atom. The fraction of sp³-hybridized carbons (Fsp3) is 0. The van der Waals surface area contributed by atoms with E-state index in [0.29, 0.717) is 5.65 Å². The van der Waals surface area contributed by atoms with Crippen molar-refractivity contribution in [1.82, 2.24) is 15.0 Å². The lowest BCUT2D eigenvalue weighted by Gasteiger charge is -2.02. The predicted molar refractivity (Wildman–Crippen MR) is 79.7 cm³/mol.